The normalized spacial score (nSPS) is 10.8. The van der Waals surface area contributed by atoms with E-state index >= 15 is 0 Å². The van der Waals surface area contributed by atoms with Gasteiger partial charge in [-0.2, -0.15) is 0 Å². The fraction of sp³-hybridized carbons (Fsp3) is 0. The summed E-state index contributed by atoms with van der Waals surface area (Å²) in [6.07, 6.45) is 1.45. The Balaban J connectivity index is 2.01. The molecule has 0 N–H and O–H groups in total. The Morgan fingerprint density at radius 2 is 2.11 bits per heavy atom. The molecule has 2 heterocycles. The molecule has 3 aromatic rings. The van der Waals surface area contributed by atoms with Crippen LogP contribution in [0.25, 0.3) is 10.2 Å². The second kappa shape index (κ2) is 4.62. The van der Waals surface area contributed by atoms with Crippen LogP contribution >= 0.6 is 27.3 Å². The first kappa shape index (κ1) is 11.6. The number of benzene rings is 1. The van der Waals surface area contributed by atoms with Gasteiger partial charge in [-0.05, 0) is 45.6 Å². The first-order valence-corrected chi connectivity index (χ1v) is 6.72. The second-order valence-corrected chi connectivity index (χ2v) is 5.25. The zero-order chi connectivity index (χ0) is 12.5. The zero-order valence-electron chi connectivity index (χ0n) is 8.93. The largest absolute Gasteiger partial charge is 0.438 e. The Morgan fingerprint density at radius 1 is 1.22 bits per heavy atom. The van der Waals surface area contributed by atoms with Crippen molar-refractivity contribution in [2.75, 3.05) is 0 Å². The highest BCUT2D eigenvalue weighted by molar-refractivity contribution is 9.10. The van der Waals surface area contributed by atoms with Crippen molar-refractivity contribution >= 4 is 37.5 Å². The van der Waals surface area contributed by atoms with Crippen LogP contribution in [0.5, 0.6) is 11.6 Å². The Bertz CT molecular complexity index is 716. The third-order valence-electron chi connectivity index (χ3n) is 2.33. The van der Waals surface area contributed by atoms with Crippen molar-refractivity contribution in [3.05, 3.63) is 46.3 Å². The van der Waals surface area contributed by atoms with Gasteiger partial charge < -0.3 is 4.74 Å². The molecule has 1 aromatic carbocycles. The zero-order valence-corrected chi connectivity index (χ0v) is 11.3. The average molecular weight is 325 g/mol. The molecule has 2 aromatic heterocycles. The van der Waals surface area contributed by atoms with Crippen LogP contribution in [0.4, 0.5) is 4.39 Å². The Hall–Kier alpha value is -1.53. The number of thiophene rings is 1. The van der Waals surface area contributed by atoms with Crippen LogP contribution in [0.3, 0.4) is 0 Å². The van der Waals surface area contributed by atoms with Crippen molar-refractivity contribution in [3.63, 3.8) is 0 Å². The highest BCUT2D eigenvalue weighted by atomic mass is 79.9. The third-order valence-corrected chi connectivity index (χ3v) is 3.76. The maximum atomic E-state index is 13.1. The molecule has 0 aliphatic rings. The second-order valence-electron chi connectivity index (χ2n) is 3.50. The van der Waals surface area contributed by atoms with E-state index in [1.54, 1.807) is 12.1 Å². The summed E-state index contributed by atoms with van der Waals surface area (Å²) >= 11 is 4.63. The molecular weight excluding hydrogens is 319 g/mol. The van der Waals surface area contributed by atoms with Gasteiger partial charge in [0.05, 0.1) is 9.86 Å². The summed E-state index contributed by atoms with van der Waals surface area (Å²) in [5.41, 5.74) is 0. The summed E-state index contributed by atoms with van der Waals surface area (Å²) in [6.45, 7) is 0. The van der Waals surface area contributed by atoms with Gasteiger partial charge in [-0.1, -0.05) is 0 Å². The molecule has 6 heteroatoms. The summed E-state index contributed by atoms with van der Waals surface area (Å²) in [5.74, 6) is 0.667. The van der Waals surface area contributed by atoms with Crippen molar-refractivity contribution in [2.24, 2.45) is 0 Å². The molecule has 0 saturated carbocycles. The van der Waals surface area contributed by atoms with Crippen LogP contribution in [0.1, 0.15) is 0 Å². The molecule has 0 amide bonds. The van der Waals surface area contributed by atoms with Crippen molar-refractivity contribution < 1.29 is 9.13 Å². The predicted octanol–water partition coefficient (Wildman–Crippen LogP) is 4.39. The van der Waals surface area contributed by atoms with E-state index in [1.165, 1.54) is 23.7 Å². The lowest BCUT2D eigenvalue weighted by Gasteiger charge is -2.05. The van der Waals surface area contributed by atoms with Crippen molar-refractivity contribution in [1.29, 1.82) is 0 Å². The average Bonchev–Trinajstić information content (AvgIpc) is 2.83. The Morgan fingerprint density at radius 3 is 2.94 bits per heavy atom. The van der Waals surface area contributed by atoms with E-state index in [9.17, 15) is 4.39 Å². The number of aromatic nitrogens is 2. The van der Waals surface area contributed by atoms with Crippen LogP contribution < -0.4 is 4.74 Å². The molecular formula is C12H6BrFN2OS. The number of ether oxygens (including phenoxy) is 1. The minimum absolute atomic E-state index is 0.328. The van der Waals surface area contributed by atoms with E-state index in [0.29, 0.717) is 16.1 Å². The van der Waals surface area contributed by atoms with Gasteiger partial charge in [0.25, 0.3) is 0 Å². The molecule has 0 spiro atoms. The molecule has 3 rings (SSSR count). The van der Waals surface area contributed by atoms with E-state index < -0.39 is 0 Å². The molecule has 0 aliphatic heterocycles. The van der Waals surface area contributed by atoms with Crippen LogP contribution in [-0.4, -0.2) is 9.97 Å². The van der Waals surface area contributed by atoms with Gasteiger partial charge in [-0.25, -0.2) is 14.4 Å². The van der Waals surface area contributed by atoms with Gasteiger partial charge in [0.2, 0.25) is 5.88 Å². The molecule has 3 nitrogen and oxygen atoms in total. The van der Waals surface area contributed by atoms with Gasteiger partial charge in [0.15, 0.2) is 0 Å². The van der Waals surface area contributed by atoms with Gasteiger partial charge in [0.1, 0.15) is 22.7 Å². The molecule has 0 atom stereocenters. The minimum atomic E-state index is -0.328. The summed E-state index contributed by atoms with van der Waals surface area (Å²) in [6, 6.07) is 6.36. The van der Waals surface area contributed by atoms with Crippen LogP contribution in [-0.2, 0) is 0 Å². The number of hydrogen-bond donors (Lipinski definition) is 0. The fourth-order valence-electron chi connectivity index (χ4n) is 1.50. The lowest BCUT2D eigenvalue weighted by Crippen LogP contribution is -1.90. The summed E-state index contributed by atoms with van der Waals surface area (Å²) < 4.78 is 19.1. The summed E-state index contributed by atoms with van der Waals surface area (Å²) in [7, 11) is 0. The number of fused-ring (bicyclic) bond motifs is 1. The Labute approximate surface area is 114 Å². The minimum Gasteiger partial charge on any atom is -0.438 e. The number of halogens is 2. The number of nitrogens with zero attached hydrogens (tertiary/aromatic N) is 2. The van der Waals surface area contributed by atoms with Gasteiger partial charge in [0, 0.05) is 0 Å². The van der Waals surface area contributed by atoms with Gasteiger partial charge in [-0.15, -0.1) is 11.3 Å². The van der Waals surface area contributed by atoms with E-state index in [4.69, 9.17) is 4.74 Å². The Kier molecular flexibility index (Phi) is 2.97. The standard InChI is InChI=1S/C12H6BrFN2OS/c13-9-5-7(1-2-10(9)14)17-11-8-3-4-18-12(8)16-6-15-11/h1-6H. The van der Waals surface area contributed by atoms with E-state index in [1.807, 2.05) is 11.4 Å². The van der Waals surface area contributed by atoms with Gasteiger partial charge in [-0.3, -0.25) is 0 Å². The fourth-order valence-corrected chi connectivity index (χ4v) is 2.58. The summed E-state index contributed by atoms with van der Waals surface area (Å²) in [4.78, 5) is 9.09. The lowest BCUT2D eigenvalue weighted by molar-refractivity contribution is 0.466. The molecule has 0 unspecified atom stereocenters. The van der Waals surface area contributed by atoms with E-state index in [0.717, 1.165) is 10.2 Å². The summed E-state index contributed by atoms with van der Waals surface area (Å²) in [5, 5.41) is 2.77. The molecule has 90 valence electrons. The molecule has 18 heavy (non-hydrogen) atoms. The highest BCUT2D eigenvalue weighted by Gasteiger charge is 2.08. The van der Waals surface area contributed by atoms with Crippen molar-refractivity contribution in [3.8, 4) is 11.6 Å². The SMILES string of the molecule is Fc1ccc(Oc2ncnc3sccc23)cc1Br. The number of hydrogen-bond acceptors (Lipinski definition) is 4. The van der Waals surface area contributed by atoms with Crippen molar-refractivity contribution in [1.82, 2.24) is 9.97 Å². The molecule has 0 bridgehead atoms. The molecule has 0 aliphatic carbocycles. The maximum absolute atomic E-state index is 13.1. The molecule has 0 saturated heterocycles. The quantitative estimate of drug-likeness (QED) is 0.701. The van der Waals surface area contributed by atoms with E-state index in [2.05, 4.69) is 25.9 Å². The monoisotopic (exact) mass is 324 g/mol. The van der Waals surface area contributed by atoms with Crippen LogP contribution in [0.15, 0.2) is 40.4 Å². The first-order valence-electron chi connectivity index (χ1n) is 5.05. The highest BCUT2D eigenvalue weighted by Crippen LogP contribution is 2.30. The molecule has 0 radical (unpaired) electrons. The predicted molar refractivity (Wildman–Crippen MR) is 71.6 cm³/mol. The maximum Gasteiger partial charge on any atom is 0.231 e. The molecule has 0 fully saturated rings. The van der Waals surface area contributed by atoms with Crippen molar-refractivity contribution in [2.45, 2.75) is 0 Å². The van der Waals surface area contributed by atoms with Crippen LogP contribution in [0, 0.1) is 5.82 Å². The topological polar surface area (TPSA) is 35.0 Å². The van der Waals surface area contributed by atoms with Crippen LogP contribution in [0.2, 0.25) is 0 Å². The first-order chi connectivity index (χ1) is 8.74. The van der Waals surface area contributed by atoms with Gasteiger partial charge >= 0.3 is 0 Å². The number of rotatable bonds is 2. The lowest BCUT2D eigenvalue weighted by atomic mass is 10.3. The third kappa shape index (κ3) is 2.09. The van der Waals surface area contributed by atoms with E-state index in [-0.39, 0.29) is 5.82 Å². The smallest absolute Gasteiger partial charge is 0.231 e.